The zero-order valence-corrected chi connectivity index (χ0v) is 16.6. The highest BCUT2D eigenvalue weighted by Crippen LogP contribution is 2.22. The van der Waals surface area contributed by atoms with Crippen molar-refractivity contribution in [1.29, 1.82) is 0 Å². The molecule has 0 radical (unpaired) electrons. The first-order chi connectivity index (χ1) is 13.1. The van der Waals surface area contributed by atoms with Gasteiger partial charge in [-0.1, -0.05) is 31.2 Å². The summed E-state index contributed by atoms with van der Waals surface area (Å²) in [6.45, 7) is 7.83. The van der Waals surface area contributed by atoms with Crippen LogP contribution in [0, 0.1) is 11.8 Å². The minimum Gasteiger partial charge on any atom is -0.393 e. The van der Waals surface area contributed by atoms with Gasteiger partial charge in [-0.15, -0.1) is 0 Å². The molecule has 2 heterocycles. The third-order valence-electron chi connectivity index (χ3n) is 6.12. The zero-order chi connectivity index (χ0) is 19.1. The number of carbonyl (C=O) groups is 1. The van der Waals surface area contributed by atoms with Gasteiger partial charge in [0.2, 0.25) is 5.91 Å². The number of aliphatic hydroxyl groups is 1. The van der Waals surface area contributed by atoms with Crippen LogP contribution in [0.25, 0.3) is 0 Å². The van der Waals surface area contributed by atoms with Gasteiger partial charge < -0.3 is 15.7 Å². The molecule has 3 N–H and O–H groups in total. The summed E-state index contributed by atoms with van der Waals surface area (Å²) < 4.78 is 0. The minimum atomic E-state index is -0.121. The van der Waals surface area contributed by atoms with Crippen molar-refractivity contribution in [1.82, 2.24) is 15.5 Å². The lowest BCUT2D eigenvalue weighted by molar-refractivity contribution is -0.122. The Kier molecular flexibility index (Phi) is 7.68. The molecule has 150 valence electrons. The smallest absolute Gasteiger partial charge is 0.220 e. The van der Waals surface area contributed by atoms with Gasteiger partial charge >= 0.3 is 0 Å². The van der Waals surface area contributed by atoms with Gasteiger partial charge in [-0.2, -0.15) is 0 Å². The summed E-state index contributed by atoms with van der Waals surface area (Å²) in [6, 6.07) is 8.54. The average molecular weight is 374 g/mol. The van der Waals surface area contributed by atoms with E-state index in [1.807, 2.05) is 0 Å². The number of likely N-dealkylation sites (tertiary alicyclic amines) is 1. The maximum Gasteiger partial charge on any atom is 0.220 e. The van der Waals surface area contributed by atoms with Gasteiger partial charge in [0.25, 0.3) is 0 Å². The molecule has 0 spiro atoms. The fraction of sp³-hybridized carbons (Fsp3) is 0.682. The molecule has 27 heavy (non-hydrogen) atoms. The van der Waals surface area contributed by atoms with E-state index in [0.29, 0.717) is 24.8 Å². The molecule has 2 fully saturated rings. The number of carbonyl (C=O) groups excluding carboxylic acids is 1. The molecule has 1 amide bonds. The van der Waals surface area contributed by atoms with E-state index < -0.39 is 0 Å². The maximum atomic E-state index is 12.3. The molecule has 1 aromatic rings. The highest BCUT2D eigenvalue weighted by atomic mass is 16.3. The molecule has 2 aliphatic heterocycles. The van der Waals surface area contributed by atoms with Crippen molar-refractivity contribution in [3.05, 3.63) is 35.4 Å². The molecule has 2 atom stereocenters. The van der Waals surface area contributed by atoms with Crippen molar-refractivity contribution < 1.29 is 9.90 Å². The van der Waals surface area contributed by atoms with Crippen molar-refractivity contribution in [2.24, 2.45) is 11.8 Å². The van der Waals surface area contributed by atoms with Crippen LogP contribution in [0.1, 0.15) is 50.2 Å². The van der Waals surface area contributed by atoms with Crippen molar-refractivity contribution in [3.8, 4) is 0 Å². The second-order valence-electron chi connectivity index (χ2n) is 8.39. The van der Waals surface area contributed by atoms with E-state index in [2.05, 4.69) is 46.7 Å². The largest absolute Gasteiger partial charge is 0.393 e. The predicted octanol–water partition coefficient (Wildman–Crippen LogP) is 2.29. The van der Waals surface area contributed by atoms with E-state index in [9.17, 15) is 9.90 Å². The topological polar surface area (TPSA) is 64.6 Å². The maximum absolute atomic E-state index is 12.3. The van der Waals surface area contributed by atoms with E-state index >= 15 is 0 Å². The Hall–Kier alpha value is -1.43. The summed E-state index contributed by atoms with van der Waals surface area (Å²) >= 11 is 0. The Morgan fingerprint density at radius 1 is 1.22 bits per heavy atom. The van der Waals surface area contributed by atoms with E-state index in [0.717, 1.165) is 51.1 Å². The van der Waals surface area contributed by atoms with E-state index in [4.69, 9.17) is 0 Å². The number of benzene rings is 1. The SMILES string of the molecule is CC(CC(=O)NCc1ccc(CN2CCC(O)CC2)cc1)C1CCCNC1. The summed E-state index contributed by atoms with van der Waals surface area (Å²) in [6.07, 6.45) is 4.70. The first kappa shape index (κ1) is 20.3. The van der Waals surface area contributed by atoms with Crippen LogP contribution in [0.5, 0.6) is 0 Å². The quantitative estimate of drug-likeness (QED) is 0.686. The fourth-order valence-electron chi connectivity index (χ4n) is 4.19. The third kappa shape index (κ3) is 6.59. The number of amides is 1. The Morgan fingerprint density at radius 2 is 1.93 bits per heavy atom. The molecule has 2 aliphatic rings. The summed E-state index contributed by atoms with van der Waals surface area (Å²) in [5.41, 5.74) is 2.44. The van der Waals surface area contributed by atoms with E-state index in [-0.39, 0.29) is 12.0 Å². The molecule has 0 aromatic heterocycles. The number of hydrogen-bond acceptors (Lipinski definition) is 4. The van der Waals surface area contributed by atoms with Crippen LogP contribution >= 0.6 is 0 Å². The van der Waals surface area contributed by atoms with E-state index in [1.54, 1.807) is 0 Å². The molecule has 5 heteroatoms. The lowest BCUT2D eigenvalue weighted by atomic mass is 9.85. The van der Waals surface area contributed by atoms with Gasteiger partial charge in [0.1, 0.15) is 0 Å². The third-order valence-corrected chi connectivity index (χ3v) is 6.12. The number of piperidine rings is 2. The molecular weight excluding hydrogens is 338 g/mol. The monoisotopic (exact) mass is 373 g/mol. The summed E-state index contributed by atoms with van der Waals surface area (Å²) in [4.78, 5) is 14.7. The molecule has 2 saturated heterocycles. The molecule has 2 unspecified atom stereocenters. The van der Waals surface area contributed by atoms with Crippen LogP contribution in [0.2, 0.25) is 0 Å². The van der Waals surface area contributed by atoms with Crippen LogP contribution in [0.3, 0.4) is 0 Å². The molecular formula is C22H35N3O2. The molecule has 0 bridgehead atoms. The summed E-state index contributed by atoms with van der Waals surface area (Å²) in [5, 5.41) is 16.1. The van der Waals surface area contributed by atoms with Crippen LogP contribution in [0.4, 0.5) is 0 Å². The Morgan fingerprint density at radius 3 is 2.59 bits per heavy atom. The second-order valence-corrected chi connectivity index (χ2v) is 8.39. The van der Waals surface area contributed by atoms with Gasteiger partial charge in [-0.05, 0) is 61.7 Å². The van der Waals surface area contributed by atoms with Gasteiger partial charge in [0.15, 0.2) is 0 Å². The molecule has 0 saturated carbocycles. The molecule has 3 rings (SSSR count). The number of aliphatic hydroxyl groups excluding tert-OH is 1. The zero-order valence-electron chi connectivity index (χ0n) is 16.6. The average Bonchev–Trinajstić information content (AvgIpc) is 2.70. The summed E-state index contributed by atoms with van der Waals surface area (Å²) in [7, 11) is 0. The highest BCUT2D eigenvalue weighted by Gasteiger charge is 2.22. The lowest BCUT2D eigenvalue weighted by Crippen LogP contribution is -2.35. The van der Waals surface area contributed by atoms with Crippen molar-refractivity contribution in [3.63, 3.8) is 0 Å². The van der Waals surface area contributed by atoms with Crippen LogP contribution in [0.15, 0.2) is 24.3 Å². The number of hydrogen-bond donors (Lipinski definition) is 3. The normalized spacial score (nSPS) is 23.1. The highest BCUT2D eigenvalue weighted by molar-refractivity contribution is 5.76. The Labute approximate surface area is 163 Å². The van der Waals surface area contributed by atoms with Crippen LogP contribution in [-0.4, -0.2) is 48.2 Å². The summed E-state index contributed by atoms with van der Waals surface area (Å²) in [5.74, 6) is 1.21. The van der Waals surface area contributed by atoms with Gasteiger partial charge in [0, 0.05) is 32.6 Å². The molecule has 0 aliphatic carbocycles. The Balaban J connectivity index is 1.38. The predicted molar refractivity (Wildman–Crippen MR) is 108 cm³/mol. The van der Waals surface area contributed by atoms with Crippen molar-refractivity contribution >= 4 is 5.91 Å². The first-order valence-corrected chi connectivity index (χ1v) is 10.6. The number of rotatable bonds is 7. The lowest BCUT2D eigenvalue weighted by Gasteiger charge is -2.29. The minimum absolute atomic E-state index is 0.121. The molecule has 5 nitrogen and oxygen atoms in total. The standard InChI is InChI=1S/C22H35N3O2/c1-17(20-3-2-10-23-15-20)13-22(27)24-14-18-4-6-19(7-5-18)16-25-11-8-21(26)9-12-25/h4-7,17,20-21,23,26H,2-3,8-16H2,1H3,(H,24,27). The van der Waals surface area contributed by atoms with Gasteiger partial charge in [-0.3, -0.25) is 9.69 Å². The van der Waals surface area contributed by atoms with Crippen LogP contribution in [-0.2, 0) is 17.9 Å². The molecule has 1 aromatic carbocycles. The first-order valence-electron chi connectivity index (χ1n) is 10.6. The number of nitrogens with one attached hydrogen (secondary N) is 2. The Bertz CT molecular complexity index is 576. The van der Waals surface area contributed by atoms with E-state index in [1.165, 1.54) is 18.4 Å². The number of nitrogens with zero attached hydrogens (tertiary/aromatic N) is 1. The van der Waals surface area contributed by atoms with Gasteiger partial charge in [-0.25, -0.2) is 0 Å². The van der Waals surface area contributed by atoms with Gasteiger partial charge in [0.05, 0.1) is 6.10 Å². The van der Waals surface area contributed by atoms with Crippen molar-refractivity contribution in [2.45, 2.75) is 58.2 Å². The fourth-order valence-corrected chi connectivity index (χ4v) is 4.19. The van der Waals surface area contributed by atoms with Crippen molar-refractivity contribution in [2.75, 3.05) is 26.2 Å². The second kappa shape index (κ2) is 10.2. The van der Waals surface area contributed by atoms with Crippen LogP contribution < -0.4 is 10.6 Å².